The van der Waals surface area contributed by atoms with Gasteiger partial charge in [-0.05, 0) is 50.2 Å². The smallest absolute Gasteiger partial charge is 0.320 e. The fourth-order valence-corrected chi connectivity index (χ4v) is 3.12. The van der Waals surface area contributed by atoms with Crippen LogP contribution in [-0.4, -0.2) is 46.5 Å². The maximum absolute atomic E-state index is 11.6. The average molecular weight is 421 g/mol. The number of nitrogens with zero attached hydrogens (tertiary/aromatic N) is 1. The summed E-state index contributed by atoms with van der Waals surface area (Å²) >= 11 is 0. The molecule has 1 aliphatic rings. The molecule has 0 amide bonds. The summed E-state index contributed by atoms with van der Waals surface area (Å²) in [6, 6.07) is 6.78. The van der Waals surface area contributed by atoms with Crippen LogP contribution in [0.5, 0.6) is 0 Å². The number of benzene rings is 1. The van der Waals surface area contributed by atoms with Gasteiger partial charge in [-0.3, -0.25) is 19.4 Å². The zero-order chi connectivity index (χ0) is 22.7. The Balaban J connectivity index is 0.000000329. The number of hydrogen-bond acceptors (Lipinski definition) is 5. The highest BCUT2D eigenvalue weighted by Crippen LogP contribution is 2.25. The molecule has 0 heterocycles. The quantitative estimate of drug-likeness (QED) is 0.224. The standard InChI is InChI=1S/C15H18O3.C6H14N4O2/c1-10(15(17)18)12-7-5-11(6-8-12)9-13-3-2-4-14(13)16;7-4(5(11)12)2-1-3-10-6(8)9/h5-8,10,13H,2-4,9H2,1H3,(H,17,18);4H,1-3,7H2,(H,11,12)(H4,8,9,10)/t;4-/m.0/s1. The van der Waals surface area contributed by atoms with Gasteiger partial charge in [0.25, 0.3) is 0 Å². The first-order valence-electron chi connectivity index (χ1n) is 10.00. The van der Waals surface area contributed by atoms with Crippen LogP contribution in [0.25, 0.3) is 0 Å². The van der Waals surface area contributed by atoms with Crippen LogP contribution in [0.4, 0.5) is 0 Å². The van der Waals surface area contributed by atoms with Gasteiger partial charge in [-0.25, -0.2) is 0 Å². The van der Waals surface area contributed by atoms with E-state index in [1.54, 1.807) is 6.92 Å². The molecule has 0 saturated heterocycles. The average Bonchev–Trinajstić information content (AvgIpc) is 3.09. The molecule has 30 heavy (non-hydrogen) atoms. The molecule has 2 unspecified atom stereocenters. The number of carbonyl (C=O) groups is 3. The molecule has 0 spiro atoms. The molecule has 0 aliphatic heterocycles. The van der Waals surface area contributed by atoms with Crippen molar-refractivity contribution in [3.8, 4) is 0 Å². The van der Waals surface area contributed by atoms with Gasteiger partial charge in [0.15, 0.2) is 5.96 Å². The van der Waals surface area contributed by atoms with Crippen LogP contribution in [0, 0.1) is 5.92 Å². The van der Waals surface area contributed by atoms with Gasteiger partial charge in [0.1, 0.15) is 11.8 Å². The molecule has 0 bridgehead atoms. The highest BCUT2D eigenvalue weighted by atomic mass is 16.4. The van der Waals surface area contributed by atoms with E-state index in [4.69, 9.17) is 27.4 Å². The Labute approximate surface area is 176 Å². The number of carboxylic acid groups (broad SMARTS) is 2. The fourth-order valence-electron chi connectivity index (χ4n) is 3.12. The maximum atomic E-state index is 11.6. The van der Waals surface area contributed by atoms with Gasteiger partial charge in [-0.1, -0.05) is 24.3 Å². The second-order valence-electron chi connectivity index (χ2n) is 7.45. The Bertz CT molecular complexity index is 744. The Kier molecular flexibility index (Phi) is 10.5. The molecule has 9 heteroatoms. The molecule has 3 atom stereocenters. The molecular formula is C21H32N4O5. The minimum Gasteiger partial charge on any atom is -0.481 e. The number of Topliss-reactive ketones (excluding diaryl/α,β-unsaturated/α-hetero) is 1. The number of aliphatic imine (C=N–C) groups is 1. The normalized spacial score (nSPS) is 17.4. The molecule has 8 N–H and O–H groups in total. The summed E-state index contributed by atoms with van der Waals surface area (Å²) in [5, 5.41) is 17.3. The van der Waals surface area contributed by atoms with Crippen molar-refractivity contribution in [1.82, 2.24) is 0 Å². The minimum absolute atomic E-state index is 0.0129. The van der Waals surface area contributed by atoms with Crippen molar-refractivity contribution >= 4 is 23.7 Å². The van der Waals surface area contributed by atoms with E-state index < -0.39 is 23.9 Å². The summed E-state index contributed by atoms with van der Waals surface area (Å²) in [7, 11) is 0. The van der Waals surface area contributed by atoms with Gasteiger partial charge in [0, 0.05) is 18.9 Å². The van der Waals surface area contributed by atoms with Crippen molar-refractivity contribution in [3.05, 3.63) is 35.4 Å². The molecule has 1 aromatic rings. The van der Waals surface area contributed by atoms with Crippen LogP contribution < -0.4 is 17.2 Å². The zero-order valence-corrected chi connectivity index (χ0v) is 17.3. The lowest BCUT2D eigenvalue weighted by atomic mass is 9.94. The van der Waals surface area contributed by atoms with E-state index in [-0.39, 0.29) is 11.9 Å². The molecule has 1 fully saturated rings. The molecule has 9 nitrogen and oxygen atoms in total. The zero-order valence-electron chi connectivity index (χ0n) is 17.3. The van der Waals surface area contributed by atoms with E-state index in [0.29, 0.717) is 25.2 Å². The molecule has 1 saturated carbocycles. The third-order valence-electron chi connectivity index (χ3n) is 5.05. The highest BCUT2D eigenvalue weighted by Gasteiger charge is 2.24. The Morgan fingerprint density at radius 3 is 2.27 bits per heavy atom. The summed E-state index contributed by atoms with van der Waals surface area (Å²) in [6.07, 6.45) is 4.47. The van der Waals surface area contributed by atoms with E-state index >= 15 is 0 Å². The predicted octanol–water partition coefficient (Wildman–Crippen LogP) is 1.24. The van der Waals surface area contributed by atoms with Crippen molar-refractivity contribution in [2.45, 2.75) is 57.4 Å². The first-order valence-corrected chi connectivity index (χ1v) is 10.00. The number of hydrogen-bond donors (Lipinski definition) is 5. The van der Waals surface area contributed by atoms with Gasteiger partial charge in [0.2, 0.25) is 0 Å². The minimum atomic E-state index is -1.00. The molecule has 2 rings (SSSR count). The summed E-state index contributed by atoms with van der Waals surface area (Å²) in [6.45, 7) is 2.10. The number of carboxylic acids is 2. The topological polar surface area (TPSA) is 182 Å². The van der Waals surface area contributed by atoms with Crippen LogP contribution in [-0.2, 0) is 20.8 Å². The number of guanidine groups is 1. The third-order valence-corrected chi connectivity index (χ3v) is 5.05. The van der Waals surface area contributed by atoms with Gasteiger partial charge >= 0.3 is 11.9 Å². The first kappa shape index (κ1) is 25.1. The third kappa shape index (κ3) is 9.04. The van der Waals surface area contributed by atoms with Crippen LogP contribution in [0.15, 0.2) is 29.3 Å². The van der Waals surface area contributed by atoms with E-state index in [9.17, 15) is 14.4 Å². The molecular weight excluding hydrogens is 388 g/mol. The molecule has 0 radical (unpaired) electrons. The van der Waals surface area contributed by atoms with Gasteiger partial charge in [-0.15, -0.1) is 0 Å². The second-order valence-corrected chi connectivity index (χ2v) is 7.45. The summed E-state index contributed by atoms with van der Waals surface area (Å²) in [4.78, 5) is 36.3. The van der Waals surface area contributed by atoms with Gasteiger partial charge in [-0.2, -0.15) is 0 Å². The van der Waals surface area contributed by atoms with Crippen LogP contribution in [0.2, 0.25) is 0 Å². The van der Waals surface area contributed by atoms with Crippen LogP contribution in [0.3, 0.4) is 0 Å². The van der Waals surface area contributed by atoms with Crippen molar-refractivity contribution in [3.63, 3.8) is 0 Å². The molecule has 1 aliphatic carbocycles. The predicted molar refractivity (Wildman–Crippen MR) is 114 cm³/mol. The number of ketones is 1. The van der Waals surface area contributed by atoms with Crippen molar-refractivity contribution in [2.75, 3.05) is 6.54 Å². The first-order chi connectivity index (χ1) is 14.1. The lowest BCUT2D eigenvalue weighted by Gasteiger charge is -2.10. The molecule has 0 aromatic heterocycles. The monoisotopic (exact) mass is 420 g/mol. The summed E-state index contributed by atoms with van der Waals surface area (Å²) in [5.74, 6) is -1.73. The largest absolute Gasteiger partial charge is 0.481 e. The summed E-state index contributed by atoms with van der Waals surface area (Å²) < 4.78 is 0. The van der Waals surface area contributed by atoms with Crippen molar-refractivity contribution < 1.29 is 24.6 Å². The van der Waals surface area contributed by atoms with E-state index in [1.165, 1.54) is 0 Å². The van der Waals surface area contributed by atoms with Crippen molar-refractivity contribution in [2.24, 2.45) is 28.1 Å². The van der Waals surface area contributed by atoms with Gasteiger partial charge < -0.3 is 27.4 Å². The van der Waals surface area contributed by atoms with Crippen molar-refractivity contribution in [1.29, 1.82) is 0 Å². The number of nitrogens with two attached hydrogens (primary N) is 3. The summed E-state index contributed by atoms with van der Waals surface area (Å²) in [5.41, 5.74) is 17.3. The number of carbonyl (C=O) groups excluding carboxylic acids is 1. The molecule has 1 aromatic carbocycles. The Morgan fingerprint density at radius 1 is 1.17 bits per heavy atom. The number of rotatable bonds is 9. The van der Waals surface area contributed by atoms with Crippen LogP contribution >= 0.6 is 0 Å². The van der Waals surface area contributed by atoms with E-state index in [2.05, 4.69) is 4.99 Å². The Morgan fingerprint density at radius 2 is 1.80 bits per heavy atom. The van der Waals surface area contributed by atoms with Crippen LogP contribution in [0.1, 0.15) is 56.1 Å². The lowest BCUT2D eigenvalue weighted by molar-refractivity contribution is -0.139. The molecule has 166 valence electrons. The van der Waals surface area contributed by atoms with E-state index in [1.807, 2.05) is 24.3 Å². The Hall–Kier alpha value is -2.94. The SMILES string of the molecule is CC(C(=O)O)c1ccc(CC2CCCC2=O)cc1.NC(N)=NCCC[C@H](N)C(=O)O. The maximum Gasteiger partial charge on any atom is 0.320 e. The van der Waals surface area contributed by atoms with E-state index in [0.717, 1.165) is 36.8 Å². The second kappa shape index (κ2) is 12.6. The number of aliphatic carboxylic acids is 2. The van der Waals surface area contributed by atoms with Gasteiger partial charge in [0.05, 0.1) is 5.92 Å². The fraction of sp³-hybridized carbons (Fsp3) is 0.524. The lowest BCUT2D eigenvalue weighted by Crippen LogP contribution is -2.30. The highest BCUT2D eigenvalue weighted by molar-refractivity contribution is 5.83.